The van der Waals surface area contributed by atoms with Gasteiger partial charge in [0, 0.05) is 12.3 Å². The maximum Gasteiger partial charge on any atom is 0.330 e. The van der Waals surface area contributed by atoms with Gasteiger partial charge in [-0.1, -0.05) is 0 Å². The highest BCUT2D eigenvalue weighted by atomic mass is 79.9. The smallest absolute Gasteiger partial charge is 0.330 e. The van der Waals surface area contributed by atoms with E-state index in [1.165, 1.54) is 12.3 Å². The molecule has 0 unspecified atom stereocenters. The molecule has 2 heterocycles. The molecule has 1 aromatic heterocycles. The first-order valence-electron chi connectivity index (χ1n) is 5.26. The van der Waals surface area contributed by atoms with Crippen LogP contribution < -0.4 is 11.2 Å². The monoisotopic (exact) mass is 396 g/mol. The van der Waals surface area contributed by atoms with Crippen molar-refractivity contribution in [2.45, 2.75) is 24.5 Å². The summed E-state index contributed by atoms with van der Waals surface area (Å²) in [6, 6.07) is 1.13. The topological polar surface area (TPSA) is 105 Å². The molecule has 0 radical (unpaired) electrons. The summed E-state index contributed by atoms with van der Waals surface area (Å²) in [7, 11) is 0. The Morgan fingerprint density at radius 1 is 1.37 bits per heavy atom. The van der Waals surface area contributed by atoms with Crippen LogP contribution in [0.5, 0.6) is 0 Å². The molecule has 0 aromatic carbocycles. The fourth-order valence-electron chi connectivity index (χ4n) is 1.80. The van der Waals surface area contributed by atoms with Gasteiger partial charge in [-0.25, -0.2) is 4.79 Å². The molecule has 2 rings (SSSR count). The number of aromatic nitrogens is 2. The Bertz CT molecular complexity index is 606. The standard InChI is InChI=1S/C10H10Br2N2O5/c11-5(12)3-4-7(16)8(17)9(19-4)14-2-1-6(15)13-10(14)18/h1-4,7-9,16-17H,(H,13,15,18)/t4-,7-,8-,9-/m1/s1. The van der Waals surface area contributed by atoms with E-state index in [9.17, 15) is 19.8 Å². The Morgan fingerprint density at radius 2 is 2.05 bits per heavy atom. The third-order valence-corrected chi connectivity index (χ3v) is 3.22. The zero-order valence-electron chi connectivity index (χ0n) is 9.36. The predicted octanol–water partition coefficient (Wildman–Crippen LogP) is -0.213. The molecule has 1 aliphatic heterocycles. The number of aromatic amines is 1. The second kappa shape index (κ2) is 5.71. The number of ether oxygens (including phenoxy) is 1. The molecule has 1 saturated heterocycles. The van der Waals surface area contributed by atoms with E-state index in [1.807, 2.05) is 0 Å². The minimum absolute atomic E-state index is 0.547. The average Bonchev–Trinajstić information content (AvgIpc) is 2.57. The molecule has 3 N–H and O–H groups in total. The predicted molar refractivity (Wildman–Crippen MR) is 73.2 cm³/mol. The van der Waals surface area contributed by atoms with Crippen LogP contribution in [0.25, 0.3) is 0 Å². The molecule has 4 atom stereocenters. The number of H-pyrrole nitrogens is 1. The van der Waals surface area contributed by atoms with E-state index in [1.54, 1.807) is 0 Å². The Kier molecular flexibility index (Phi) is 4.41. The summed E-state index contributed by atoms with van der Waals surface area (Å²) in [4.78, 5) is 24.6. The zero-order valence-corrected chi connectivity index (χ0v) is 12.5. The number of halogens is 2. The van der Waals surface area contributed by atoms with Gasteiger partial charge in [-0.2, -0.15) is 0 Å². The quantitative estimate of drug-likeness (QED) is 0.640. The lowest BCUT2D eigenvalue weighted by Crippen LogP contribution is -2.37. The van der Waals surface area contributed by atoms with Crippen molar-refractivity contribution in [1.82, 2.24) is 9.55 Å². The van der Waals surface area contributed by atoms with Crippen molar-refractivity contribution in [2.24, 2.45) is 0 Å². The third kappa shape index (κ3) is 3.06. The number of hydrogen-bond acceptors (Lipinski definition) is 5. The Morgan fingerprint density at radius 3 is 2.63 bits per heavy atom. The van der Waals surface area contributed by atoms with Gasteiger partial charge in [-0.15, -0.1) is 0 Å². The molecule has 7 nitrogen and oxygen atoms in total. The molecule has 0 saturated carbocycles. The molecule has 0 spiro atoms. The summed E-state index contributed by atoms with van der Waals surface area (Å²) < 4.78 is 6.97. The van der Waals surface area contributed by atoms with Crippen molar-refractivity contribution < 1.29 is 14.9 Å². The molecule has 0 amide bonds. The van der Waals surface area contributed by atoms with Crippen LogP contribution in [0.3, 0.4) is 0 Å². The maximum absolute atomic E-state index is 11.6. The minimum atomic E-state index is -1.29. The van der Waals surface area contributed by atoms with Gasteiger partial charge in [0.2, 0.25) is 0 Å². The number of aliphatic hydroxyl groups excluding tert-OH is 2. The van der Waals surface area contributed by atoms with Crippen LogP contribution in [-0.2, 0) is 4.74 Å². The molecule has 19 heavy (non-hydrogen) atoms. The van der Waals surface area contributed by atoms with Gasteiger partial charge in [-0.3, -0.25) is 14.3 Å². The summed E-state index contributed by atoms with van der Waals surface area (Å²) in [5.74, 6) is 0. The van der Waals surface area contributed by atoms with Gasteiger partial charge in [-0.05, 0) is 37.9 Å². The summed E-state index contributed by atoms with van der Waals surface area (Å²) in [5, 5.41) is 19.7. The summed E-state index contributed by atoms with van der Waals surface area (Å²) in [5.41, 5.74) is -1.26. The van der Waals surface area contributed by atoms with E-state index in [0.717, 1.165) is 10.6 Å². The largest absolute Gasteiger partial charge is 0.387 e. The lowest BCUT2D eigenvalue weighted by atomic mass is 10.1. The van der Waals surface area contributed by atoms with Gasteiger partial charge in [0.05, 0.1) is 3.39 Å². The van der Waals surface area contributed by atoms with Crippen molar-refractivity contribution in [2.75, 3.05) is 0 Å². The normalized spacial score (nSPS) is 30.3. The van der Waals surface area contributed by atoms with Crippen molar-refractivity contribution in [1.29, 1.82) is 0 Å². The van der Waals surface area contributed by atoms with Crippen LogP contribution in [0.15, 0.2) is 31.3 Å². The summed E-state index contributed by atoms with van der Waals surface area (Å²) >= 11 is 6.24. The number of aliphatic hydroxyl groups is 2. The van der Waals surface area contributed by atoms with E-state index in [4.69, 9.17) is 4.74 Å². The molecule has 1 aliphatic rings. The first-order chi connectivity index (χ1) is 8.90. The molecule has 9 heteroatoms. The third-order valence-electron chi connectivity index (χ3n) is 2.69. The van der Waals surface area contributed by atoms with Crippen LogP contribution in [0.1, 0.15) is 6.23 Å². The van der Waals surface area contributed by atoms with E-state index in [-0.39, 0.29) is 0 Å². The fraction of sp³-hybridized carbons (Fsp3) is 0.400. The average molecular weight is 398 g/mol. The Balaban J connectivity index is 2.34. The molecule has 104 valence electrons. The van der Waals surface area contributed by atoms with Gasteiger partial charge in [0.1, 0.15) is 18.3 Å². The highest BCUT2D eigenvalue weighted by Crippen LogP contribution is 2.30. The van der Waals surface area contributed by atoms with Crippen LogP contribution >= 0.6 is 31.9 Å². The second-order valence-corrected chi connectivity index (χ2v) is 6.72. The minimum Gasteiger partial charge on any atom is -0.387 e. The number of hydrogen-bond donors (Lipinski definition) is 3. The van der Waals surface area contributed by atoms with E-state index >= 15 is 0 Å². The SMILES string of the molecule is O=c1ccn([C@@H]2O[C@H](C=C(Br)Br)[C@@H](O)[C@H]2O)c(=O)[nH]1. The highest BCUT2D eigenvalue weighted by molar-refractivity contribution is 9.28. The van der Waals surface area contributed by atoms with Crippen LogP contribution in [0.4, 0.5) is 0 Å². The molecule has 0 bridgehead atoms. The zero-order chi connectivity index (χ0) is 14.2. The lowest BCUT2D eigenvalue weighted by molar-refractivity contribution is -0.0296. The lowest BCUT2D eigenvalue weighted by Gasteiger charge is -2.16. The van der Waals surface area contributed by atoms with Gasteiger partial charge >= 0.3 is 5.69 Å². The Labute approximate surface area is 123 Å². The number of rotatable bonds is 2. The van der Waals surface area contributed by atoms with Crippen LogP contribution in [-0.4, -0.2) is 38.1 Å². The number of nitrogens with zero attached hydrogens (tertiary/aromatic N) is 1. The molecule has 1 fully saturated rings. The summed E-state index contributed by atoms with van der Waals surface area (Å²) in [6.07, 6.45) is -1.62. The van der Waals surface area contributed by atoms with Gasteiger partial charge in [0.25, 0.3) is 5.56 Å². The second-order valence-electron chi connectivity index (χ2n) is 3.95. The van der Waals surface area contributed by atoms with Crippen molar-refractivity contribution in [3.8, 4) is 0 Å². The Hall–Kier alpha value is -0.740. The summed E-state index contributed by atoms with van der Waals surface area (Å²) in [6.45, 7) is 0. The van der Waals surface area contributed by atoms with E-state index in [2.05, 4.69) is 36.8 Å². The first-order valence-corrected chi connectivity index (χ1v) is 6.84. The molecular weight excluding hydrogens is 388 g/mol. The number of nitrogens with one attached hydrogen (secondary N) is 1. The van der Waals surface area contributed by atoms with Crippen molar-refractivity contribution in [3.05, 3.63) is 42.6 Å². The molecular formula is C10H10Br2N2O5. The fourth-order valence-corrected chi connectivity index (χ4v) is 2.33. The van der Waals surface area contributed by atoms with Crippen molar-refractivity contribution >= 4 is 31.9 Å². The highest BCUT2D eigenvalue weighted by Gasteiger charge is 2.43. The van der Waals surface area contributed by atoms with Crippen LogP contribution in [0, 0.1) is 0 Å². The first kappa shape index (κ1) is 14.7. The van der Waals surface area contributed by atoms with E-state index < -0.39 is 35.8 Å². The van der Waals surface area contributed by atoms with Crippen molar-refractivity contribution in [3.63, 3.8) is 0 Å². The van der Waals surface area contributed by atoms with Gasteiger partial charge in [0.15, 0.2) is 6.23 Å². The molecule has 0 aliphatic carbocycles. The van der Waals surface area contributed by atoms with E-state index in [0.29, 0.717) is 3.39 Å². The van der Waals surface area contributed by atoms with Gasteiger partial charge < -0.3 is 14.9 Å². The maximum atomic E-state index is 11.6. The van der Waals surface area contributed by atoms with Crippen LogP contribution in [0.2, 0.25) is 0 Å². The molecule has 1 aromatic rings.